The molecule has 7 heteroatoms. The zero-order valence-electron chi connectivity index (χ0n) is 9.07. The first-order valence-corrected chi connectivity index (χ1v) is 4.58. The van der Waals surface area contributed by atoms with Crippen LogP contribution >= 0.6 is 12.4 Å². The first kappa shape index (κ1) is 15.6. The number of benzene rings is 1. The van der Waals surface area contributed by atoms with Gasteiger partial charge >= 0.3 is 6.61 Å². The molecule has 0 bridgehead atoms. The van der Waals surface area contributed by atoms with Gasteiger partial charge in [-0.1, -0.05) is 6.07 Å². The summed E-state index contributed by atoms with van der Waals surface area (Å²) in [5, 5.41) is 2.44. The quantitative estimate of drug-likeness (QED) is 0.875. The van der Waals surface area contributed by atoms with Crippen LogP contribution in [0, 0.1) is 6.92 Å². The van der Waals surface area contributed by atoms with Gasteiger partial charge in [-0.15, -0.1) is 12.4 Å². The van der Waals surface area contributed by atoms with Gasteiger partial charge in [-0.25, -0.2) is 0 Å². The number of amides is 1. The number of alkyl halides is 2. The Morgan fingerprint density at radius 2 is 2.18 bits per heavy atom. The van der Waals surface area contributed by atoms with Gasteiger partial charge in [0.15, 0.2) is 0 Å². The summed E-state index contributed by atoms with van der Waals surface area (Å²) < 4.78 is 28.3. The third-order valence-corrected chi connectivity index (χ3v) is 1.87. The molecule has 1 aromatic rings. The fourth-order valence-electron chi connectivity index (χ4n) is 1.11. The molecule has 0 aliphatic heterocycles. The molecular formula is C10H13ClF2N2O2. The van der Waals surface area contributed by atoms with Crippen molar-refractivity contribution in [3.05, 3.63) is 23.8 Å². The van der Waals surface area contributed by atoms with Crippen LogP contribution in [0.4, 0.5) is 14.5 Å². The molecule has 1 rings (SSSR count). The normalized spacial score (nSPS) is 9.71. The highest BCUT2D eigenvalue weighted by Crippen LogP contribution is 2.24. The monoisotopic (exact) mass is 266 g/mol. The SMILES string of the molecule is Cc1ccc(NC(=O)CN)cc1OC(F)F.Cl. The fourth-order valence-corrected chi connectivity index (χ4v) is 1.11. The van der Waals surface area contributed by atoms with Crippen molar-refractivity contribution in [2.45, 2.75) is 13.5 Å². The Hall–Kier alpha value is -1.40. The van der Waals surface area contributed by atoms with E-state index in [-0.39, 0.29) is 24.7 Å². The van der Waals surface area contributed by atoms with Crippen LogP contribution in [0.15, 0.2) is 18.2 Å². The number of rotatable bonds is 4. The summed E-state index contributed by atoms with van der Waals surface area (Å²) in [6, 6.07) is 4.49. The van der Waals surface area contributed by atoms with Crippen LogP contribution in [0.5, 0.6) is 5.75 Å². The van der Waals surface area contributed by atoms with E-state index in [1.165, 1.54) is 6.07 Å². The molecular weight excluding hydrogens is 254 g/mol. The van der Waals surface area contributed by atoms with Gasteiger partial charge in [-0.3, -0.25) is 4.79 Å². The number of anilines is 1. The number of carbonyl (C=O) groups excluding carboxylic acids is 1. The van der Waals surface area contributed by atoms with Crippen LogP contribution in [0.3, 0.4) is 0 Å². The maximum atomic E-state index is 12.0. The van der Waals surface area contributed by atoms with E-state index in [0.717, 1.165) is 0 Å². The van der Waals surface area contributed by atoms with E-state index in [1.54, 1.807) is 19.1 Å². The zero-order valence-corrected chi connectivity index (χ0v) is 9.89. The second-order valence-electron chi connectivity index (χ2n) is 3.11. The van der Waals surface area contributed by atoms with Crippen molar-refractivity contribution in [3.63, 3.8) is 0 Å². The van der Waals surface area contributed by atoms with Gasteiger partial charge in [-0.05, 0) is 18.6 Å². The number of aryl methyl sites for hydroxylation is 1. The van der Waals surface area contributed by atoms with E-state index in [1.807, 2.05) is 0 Å². The Bertz CT molecular complexity index is 389. The molecule has 0 unspecified atom stereocenters. The van der Waals surface area contributed by atoms with Gasteiger partial charge in [0.2, 0.25) is 5.91 Å². The Labute approximate surface area is 104 Å². The summed E-state index contributed by atoms with van der Waals surface area (Å²) in [5.41, 5.74) is 6.04. The first-order valence-electron chi connectivity index (χ1n) is 4.58. The lowest BCUT2D eigenvalue weighted by Crippen LogP contribution is -2.21. The second kappa shape index (κ2) is 7.03. The minimum atomic E-state index is -2.89. The number of nitrogens with one attached hydrogen (secondary N) is 1. The van der Waals surface area contributed by atoms with Crippen LogP contribution in [0.2, 0.25) is 0 Å². The van der Waals surface area contributed by atoms with Gasteiger partial charge in [0.05, 0.1) is 6.54 Å². The van der Waals surface area contributed by atoms with Crippen LogP contribution in [0.25, 0.3) is 0 Å². The number of hydrogen-bond acceptors (Lipinski definition) is 3. The molecule has 1 aromatic carbocycles. The second-order valence-corrected chi connectivity index (χ2v) is 3.11. The van der Waals surface area contributed by atoms with Crippen molar-refractivity contribution >= 4 is 24.0 Å². The van der Waals surface area contributed by atoms with Crippen LogP contribution < -0.4 is 15.8 Å². The van der Waals surface area contributed by atoms with Crippen LogP contribution in [0.1, 0.15) is 5.56 Å². The van der Waals surface area contributed by atoms with E-state index < -0.39 is 12.5 Å². The molecule has 17 heavy (non-hydrogen) atoms. The number of ether oxygens (including phenoxy) is 1. The lowest BCUT2D eigenvalue weighted by atomic mass is 10.2. The van der Waals surface area contributed by atoms with Crippen molar-refractivity contribution in [2.24, 2.45) is 5.73 Å². The minimum Gasteiger partial charge on any atom is -0.434 e. The molecule has 0 fully saturated rings. The van der Waals surface area contributed by atoms with Gasteiger partial charge < -0.3 is 15.8 Å². The van der Waals surface area contributed by atoms with Crippen LogP contribution in [-0.4, -0.2) is 19.1 Å². The molecule has 0 aliphatic rings. The topological polar surface area (TPSA) is 64.4 Å². The lowest BCUT2D eigenvalue weighted by molar-refractivity contribution is -0.114. The third-order valence-electron chi connectivity index (χ3n) is 1.87. The predicted octanol–water partition coefficient (Wildman–Crippen LogP) is 1.92. The summed E-state index contributed by atoms with van der Waals surface area (Å²) in [4.78, 5) is 11.0. The predicted molar refractivity (Wildman–Crippen MR) is 62.7 cm³/mol. The summed E-state index contributed by atoms with van der Waals surface area (Å²) in [6.07, 6.45) is 0. The Morgan fingerprint density at radius 1 is 1.53 bits per heavy atom. The van der Waals surface area contributed by atoms with Gasteiger partial charge in [0, 0.05) is 11.8 Å². The largest absolute Gasteiger partial charge is 0.434 e. The summed E-state index contributed by atoms with van der Waals surface area (Å²) >= 11 is 0. The molecule has 0 atom stereocenters. The number of carbonyl (C=O) groups is 1. The summed E-state index contributed by atoms with van der Waals surface area (Å²) in [7, 11) is 0. The molecule has 3 N–H and O–H groups in total. The van der Waals surface area contributed by atoms with Crippen molar-refractivity contribution in [1.29, 1.82) is 0 Å². The smallest absolute Gasteiger partial charge is 0.387 e. The maximum absolute atomic E-state index is 12.0. The Kier molecular flexibility index (Phi) is 6.45. The van der Waals surface area contributed by atoms with Crippen molar-refractivity contribution < 1.29 is 18.3 Å². The standard InChI is InChI=1S/C10H12F2N2O2.ClH/c1-6-2-3-7(14-9(15)5-13)4-8(6)16-10(11)12;/h2-4,10H,5,13H2,1H3,(H,14,15);1H. The number of halogens is 3. The van der Waals surface area contributed by atoms with E-state index in [2.05, 4.69) is 10.1 Å². The molecule has 4 nitrogen and oxygen atoms in total. The summed E-state index contributed by atoms with van der Waals surface area (Å²) in [6.45, 7) is -1.43. The minimum absolute atomic E-state index is 0. The lowest BCUT2D eigenvalue weighted by Gasteiger charge is -2.10. The van der Waals surface area contributed by atoms with Gasteiger partial charge in [0.1, 0.15) is 5.75 Å². The average molecular weight is 267 g/mol. The molecule has 1 amide bonds. The molecule has 0 saturated heterocycles. The van der Waals surface area contributed by atoms with E-state index >= 15 is 0 Å². The summed E-state index contributed by atoms with van der Waals surface area (Å²) in [5.74, 6) is -0.364. The fraction of sp³-hybridized carbons (Fsp3) is 0.300. The number of hydrogen-bond donors (Lipinski definition) is 2. The Balaban J connectivity index is 0.00000256. The van der Waals surface area contributed by atoms with E-state index in [4.69, 9.17) is 5.73 Å². The van der Waals surface area contributed by atoms with E-state index in [0.29, 0.717) is 11.3 Å². The molecule has 0 saturated carbocycles. The van der Waals surface area contributed by atoms with Gasteiger partial charge in [-0.2, -0.15) is 8.78 Å². The molecule has 0 aliphatic carbocycles. The Morgan fingerprint density at radius 3 is 2.71 bits per heavy atom. The zero-order chi connectivity index (χ0) is 12.1. The third kappa shape index (κ3) is 4.97. The molecule has 0 radical (unpaired) electrons. The molecule has 96 valence electrons. The molecule has 0 aromatic heterocycles. The van der Waals surface area contributed by atoms with Crippen molar-refractivity contribution in [3.8, 4) is 5.75 Å². The molecule has 0 heterocycles. The first-order chi connectivity index (χ1) is 7.52. The average Bonchev–Trinajstić information content (AvgIpc) is 2.22. The molecule has 0 spiro atoms. The highest BCUT2D eigenvalue weighted by molar-refractivity contribution is 5.92. The number of nitrogens with two attached hydrogens (primary N) is 1. The van der Waals surface area contributed by atoms with Crippen molar-refractivity contribution in [1.82, 2.24) is 0 Å². The van der Waals surface area contributed by atoms with Gasteiger partial charge in [0.25, 0.3) is 0 Å². The van der Waals surface area contributed by atoms with Crippen LogP contribution in [-0.2, 0) is 4.79 Å². The van der Waals surface area contributed by atoms with E-state index in [9.17, 15) is 13.6 Å². The van der Waals surface area contributed by atoms with Crippen molar-refractivity contribution in [2.75, 3.05) is 11.9 Å². The highest BCUT2D eigenvalue weighted by Gasteiger charge is 2.08. The highest BCUT2D eigenvalue weighted by atomic mass is 35.5. The maximum Gasteiger partial charge on any atom is 0.387 e.